The highest BCUT2D eigenvalue weighted by molar-refractivity contribution is 6.33. The van der Waals surface area contributed by atoms with Gasteiger partial charge in [-0.15, -0.1) is 0 Å². The molecule has 0 bridgehead atoms. The zero-order valence-corrected chi connectivity index (χ0v) is 11.9. The summed E-state index contributed by atoms with van der Waals surface area (Å²) in [5, 5.41) is 2.10. The molecule has 0 aliphatic carbocycles. The molecule has 0 fully saturated rings. The molecule has 2 aromatic heterocycles. The van der Waals surface area contributed by atoms with Crippen LogP contribution in [0.4, 0.5) is 0 Å². The third kappa shape index (κ3) is 2.30. The Bertz CT molecular complexity index is 796. The number of pyridine rings is 1. The number of benzene rings is 1. The van der Waals surface area contributed by atoms with Crippen molar-refractivity contribution in [3.8, 4) is 0 Å². The summed E-state index contributed by atoms with van der Waals surface area (Å²) < 4.78 is 1.90. The first kappa shape index (κ1) is 13.2. The van der Waals surface area contributed by atoms with E-state index < -0.39 is 0 Å². The largest absolute Gasteiger partial charge is 0.327 e. The quantitative estimate of drug-likeness (QED) is 0.680. The second-order valence-corrected chi connectivity index (χ2v) is 5.28. The fourth-order valence-electron chi connectivity index (χ4n) is 2.21. The molecule has 0 aliphatic heterocycles. The average Bonchev–Trinajstić information content (AvgIpc) is 2.81. The number of hydrogen-bond acceptors (Lipinski definition) is 2. The van der Waals surface area contributed by atoms with Gasteiger partial charge in [0.1, 0.15) is 5.65 Å². The topological polar surface area (TPSA) is 34.9 Å². The van der Waals surface area contributed by atoms with E-state index in [2.05, 4.69) is 4.98 Å². The highest BCUT2D eigenvalue weighted by Gasteiger charge is 2.10. The molecule has 20 heavy (non-hydrogen) atoms. The van der Waals surface area contributed by atoms with Crippen LogP contribution >= 0.6 is 23.2 Å². The Hall–Kier alpha value is -1.84. The van der Waals surface area contributed by atoms with Crippen LogP contribution in [-0.4, -0.2) is 15.8 Å². The van der Waals surface area contributed by atoms with Crippen LogP contribution in [0.5, 0.6) is 0 Å². The Morgan fingerprint density at radius 1 is 1.25 bits per heavy atom. The van der Waals surface area contributed by atoms with Gasteiger partial charge in [0.25, 0.3) is 0 Å². The molecule has 5 heteroatoms. The standard InChI is InChI=1S/C15H10Cl2N2O/c16-12-3-4-14(17)10(6-12)7-19-8-11(9-20)13-2-1-5-18-15(13)19/h1-6,8-9H,7H2. The van der Waals surface area contributed by atoms with Crippen molar-refractivity contribution in [1.82, 2.24) is 9.55 Å². The third-order valence-electron chi connectivity index (χ3n) is 3.14. The normalized spacial score (nSPS) is 10.9. The van der Waals surface area contributed by atoms with E-state index in [0.717, 1.165) is 22.9 Å². The van der Waals surface area contributed by atoms with Crippen molar-refractivity contribution in [2.75, 3.05) is 0 Å². The van der Waals surface area contributed by atoms with Crippen molar-refractivity contribution in [3.05, 3.63) is 63.9 Å². The van der Waals surface area contributed by atoms with E-state index in [9.17, 15) is 4.79 Å². The van der Waals surface area contributed by atoms with Gasteiger partial charge in [-0.25, -0.2) is 4.98 Å². The fourth-order valence-corrected chi connectivity index (χ4v) is 2.58. The maximum Gasteiger partial charge on any atom is 0.152 e. The highest BCUT2D eigenvalue weighted by Crippen LogP contribution is 2.24. The van der Waals surface area contributed by atoms with Gasteiger partial charge in [0.05, 0.1) is 6.54 Å². The first-order valence-corrected chi connectivity index (χ1v) is 6.77. The molecule has 0 unspecified atom stereocenters. The number of fused-ring (bicyclic) bond motifs is 1. The molecule has 0 atom stereocenters. The minimum Gasteiger partial charge on any atom is -0.327 e. The maximum atomic E-state index is 11.1. The average molecular weight is 305 g/mol. The number of halogens is 2. The Balaban J connectivity index is 2.11. The van der Waals surface area contributed by atoms with E-state index in [0.29, 0.717) is 22.2 Å². The van der Waals surface area contributed by atoms with Crippen LogP contribution in [0.25, 0.3) is 11.0 Å². The predicted molar refractivity (Wildman–Crippen MR) is 80.7 cm³/mol. The van der Waals surface area contributed by atoms with Crippen molar-refractivity contribution in [2.45, 2.75) is 6.54 Å². The molecular weight excluding hydrogens is 295 g/mol. The summed E-state index contributed by atoms with van der Waals surface area (Å²) >= 11 is 12.2. The van der Waals surface area contributed by atoms with Gasteiger partial charge >= 0.3 is 0 Å². The molecule has 1 aromatic carbocycles. The molecule has 3 aromatic rings. The summed E-state index contributed by atoms with van der Waals surface area (Å²) in [6.07, 6.45) is 4.31. The van der Waals surface area contributed by atoms with E-state index in [-0.39, 0.29) is 0 Å². The molecule has 0 N–H and O–H groups in total. The van der Waals surface area contributed by atoms with Crippen LogP contribution in [0, 0.1) is 0 Å². The van der Waals surface area contributed by atoms with E-state index >= 15 is 0 Å². The molecule has 0 saturated carbocycles. The monoisotopic (exact) mass is 304 g/mol. The number of nitrogens with zero attached hydrogens (tertiary/aromatic N) is 2. The second kappa shape index (κ2) is 5.27. The van der Waals surface area contributed by atoms with Gasteiger partial charge in [0.15, 0.2) is 6.29 Å². The van der Waals surface area contributed by atoms with E-state index in [4.69, 9.17) is 23.2 Å². The van der Waals surface area contributed by atoms with Crippen LogP contribution in [0.15, 0.2) is 42.7 Å². The number of aromatic nitrogens is 2. The number of rotatable bonds is 3. The van der Waals surface area contributed by atoms with Crippen molar-refractivity contribution in [3.63, 3.8) is 0 Å². The van der Waals surface area contributed by atoms with Gasteiger partial charge in [0.2, 0.25) is 0 Å². The molecule has 3 nitrogen and oxygen atoms in total. The van der Waals surface area contributed by atoms with Crippen molar-refractivity contribution in [1.29, 1.82) is 0 Å². The number of carbonyl (C=O) groups excluding carboxylic acids is 1. The van der Waals surface area contributed by atoms with Gasteiger partial charge in [-0.2, -0.15) is 0 Å². The van der Waals surface area contributed by atoms with E-state index in [1.807, 2.05) is 22.8 Å². The first-order valence-electron chi connectivity index (χ1n) is 6.02. The molecule has 3 rings (SSSR count). The summed E-state index contributed by atoms with van der Waals surface area (Å²) in [7, 11) is 0. The molecule has 0 radical (unpaired) electrons. The van der Waals surface area contributed by atoms with Gasteiger partial charge in [-0.05, 0) is 35.9 Å². The minimum atomic E-state index is 0.515. The molecular formula is C15H10Cl2N2O. The van der Waals surface area contributed by atoms with Crippen molar-refractivity contribution < 1.29 is 4.79 Å². The molecule has 2 heterocycles. The lowest BCUT2D eigenvalue weighted by Crippen LogP contribution is -1.99. The minimum absolute atomic E-state index is 0.515. The molecule has 0 amide bonds. The zero-order valence-electron chi connectivity index (χ0n) is 10.4. The lowest BCUT2D eigenvalue weighted by Gasteiger charge is -2.07. The lowest BCUT2D eigenvalue weighted by molar-refractivity contribution is 0.112. The summed E-state index contributed by atoms with van der Waals surface area (Å²) in [6.45, 7) is 0.515. The summed E-state index contributed by atoms with van der Waals surface area (Å²) in [6, 6.07) is 9.02. The molecule has 0 spiro atoms. The summed E-state index contributed by atoms with van der Waals surface area (Å²) in [5.74, 6) is 0. The van der Waals surface area contributed by atoms with Gasteiger partial charge in [0, 0.05) is 33.4 Å². The van der Waals surface area contributed by atoms with Gasteiger partial charge in [-0.1, -0.05) is 23.2 Å². The van der Waals surface area contributed by atoms with E-state index in [1.165, 1.54) is 0 Å². The van der Waals surface area contributed by atoms with Gasteiger partial charge in [-0.3, -0.25) is 4.79 Å². The smallest absolute Gasteiger partial charge is 0.152 e. The highest BCUT2D eigenvalue weighted by atomic mass is 35.5. The van der Waals surface area contributed by atoms with Crippen LogP contribution in [0.2, 0.25) is 10.0 Å². The zero-order chi connectivity index (χ0) is 14.1. The Morgan fingerprint density at radius 3 is 2.90 bits per heavy atom. The van der Waals surface area contributed by atoms with Crippen molar-refractivity contribution in [2.24, 2.45) is 0 Å². The number of aldehydes is 1. The first-order chi connectivity index (χ1) is 9.69. The SMILES string of the molecule is O=Cc1cn(Cc2cc(Cl)ccc2Cl)c2ncccc12. The van der Waals surface area contributed by atoms with Gasteiger partial charge < -0.3 is 4.57 Å². The second-order valence-electron chi connectivity index (χ2n) is 4.44. The maximum absolute atomic E-state index is 11.1. The van der Waals surface area contributed by atoms with Crippen LogP contribution in [0.3, 0.4) is 0 Å². The lowest BCUT2D eigenvalue weighted by atomic mass is 10.2. The molecule has 100 valence electrons. The number of carbonyl (C=O) groups is 1. The fraction of sp³-hybridized carbons (Fsp3) is 0.0667. The van der Waals surface area contributed by atoms with Crippen LogP contribution in [0.1, 0.15) is 15.9 Å². The summed E-state index contributed by atoms with van der Waals surface area (Å²) in [4.78, 5) is 15.4. The Kier molecular flexibility index (Phi) is 3.47. The van der Waals surface area contributed by atoms with Crippen LogP contribution in [-0.2, 0) is 6.54 Å². The van der Waals surface area contributed by atoms with Crippen molar-refractivity contribution >= 4 is 40.5 Å². The Labute approximate surface area is 125 Å². The molecule has 0 saturated heterocycles. The predicted octanol–water partition coefficient (Wildman–Crippen LogP) is 4.20. The Morgan fingerprint density at radius 2 is 2.10 bits per heavy atom. The summed E-state index contributed by atoms with van der Waals surface area (Å²) in [5.41, 5.74) is 2.26. The van der Waals surface area contributed by atoms with E-state index in [1.54, 1.807) is 24.5 Å². The van der Waals surface area contributed by atoms with Crippen LogP contribution < -0.4 is 0 Å². The third-order valence-corrected chi connectivity index (χ3v) is 3.74. The number of hydrogen-bond donors (Lipinski definition) is 0. The molecule has 0 aliphatic rings.